The quantitative estimate of drug-likeness (QED) is 0.574. The van der Waals surface area contributed by atoms with Crippen molar-refractivity contribution in [1.29, 1.82) is 0 Å². The molecule has 0 radical (unpaired) electrons. The largest absolute Gasteiger partial charge is 0.381 e. The molecule has 1 N–H and O–H groups in total. The lowest BCUT2D eigenvalue weighted by atomic mass is 10.0. The maximum Gasteiger partial charge on any atom is 0.271 e. The number of nitrogens with one attached hydrogen (secondary N) is 1. The minimum absolute atomic E-state index is 0.0167. The minimum atomic E-state index is -0.443. The number of rotatable bonds is 7. The van der Waals surface area contributed by atoms with E-state index in [4.69, 9.17) is 11.6 Å². The Labute approximate surface area is 119 Å². The van der Waals surface area contributed by atoms with E-state index in [0.717, 1.165) is 24.4 Å². The third-order valence-corrected chi connectivity index (χ3v) is 3.30. The second-order valence-corrected chi connectivity index (χ2v) is 5.70. The Kier molecular flexibility index (Phi) is 6.09. The first kappa shape index (κ1) is 15.8. The highest BCUT2D eigenvalue weighted by molar-refractivity contribution is 6.33. The Morgan fingerprint density at radius 1 is 1.32 bits per heavy atom. The SMILES string of the molecule is CC(C)CCCC(C)Nc1ccc([N+](=O)[O-])cc1Cl. The monoisotopic (exact) mass is 284 g/mol. The molecular weight excluding hydrogens is 264 g/mol. The highest BCUT2D eigenvalue weighted by atomic mass is 35.5. The molecule has 0 amide bonds. The van der Waals surface area contributed by atoms with Crippen LogP contribution < -0.4 is 5.32 Å². The van der Waals surface area contributed by atoms with E-state index >= 15 is 0 Å². The highest BCUT2D eigenvalue weighted by Gasteiger charge is 2.11. The Bertz CT molecular complexity index is 435. The number of non-ortho nitro benzene ring substituents is 1. The van der Waals surface area contributed by atoms with E-state index < -0.39 is 4.92 Å². The second-order valence-electron chi connectivity index (χ2n) is 5.29. The number of anilines is 1. The molecule has 1 rings (SSSR count). The molecule has 0 aliphatic rings. The van der Waals surface area contributed by atoms with Crippen molar-refractivity contribution < 1.29 is 4.92 Å². The summed E-state index contributed by atoms with van der Waals surface area (Å²) < 4.78 is 0. The third kappa shape index (κ3) is 5.47. The average Bonchev–Trinajstić information content (AvgIpc) is 2.31. The summed E-state index contributed by atoms with van der Waals surface area (Å²) in [4.78, 5) is 10.2. The lowest BCUT2D eigenvalue weighted by Gasteiger charge is -2.16. The zero-order valence-corrected chi connectivity index (χ0v) is 12.4. The number of benzene rings is 1. The van der Waals surface area contributed by atoms with Crippen molar-refractivity contribution in [1.82, 2.24) is 0 Å². The molecule has 5 heteroatoms. The first-order valence-corrected chi connectivity index (χ1v) is 6.98. The summed E-state index contributed by atoms with van der Waals surface area (Å²) >= 11 is 6.04. The van der Waals surface area contributed by atoms with Crippen LogP contribution in [0.15, 0.2) is 18.2 Å². The van der Waals surface area contributed by atoms with Crippen LogP contribution in [-0.4, -0.2) is 11.0 Å². The van der Waals surface area contributed by atoms with Crippen molar-refractivity contribution in [2.45, 2.75) is 46.1 Å². The summed E-state index contributed by atoms with van der Waals surface area (Å²) in [6, 6.07) is 4.82. The molecule has 0 fully saturated rings. The molecule has 0 spiro atoms. The van der Waals surface area contributed by atoms with Gasteiger partial charge in [-0.2, -0.15) is 0 Å². The van der Waals surface area contributed by atoms with Gasteiger partial charge in [-0.15, -0.1) is 0 Å². The molecule has 0 aliphatic heterocycles. The maximum absolute atomic E-state index is 10.6. The molecule has 4 nitrogen and oxygen atoms in total. The molecule has 1 aromatic rings. The van der Waals surface area contributed by atoms with Crippen molar-refractivity contribution in [3.8, 4) is 0 Å². The predicted molar refractivity (Wildman–Crippen MR) is 79.9 cm³/mol. The number of nitrogens with zero attached hydrogens (tertiary/aromatic N) is 1. The van der Waals surface area contributed by atoms with Crippen LogP contribution in [-0.2, 0) is 0 Å². The van der Waals surface area contributed by atoms with Crippen LogP contribution in [0.3, 0.4) is 0 Å². The van der Waals surface area contributed by atoms with Crippen molar-refractivity contribution >= 4 is 23.0 Å². The Hall–Kier alpha value is -1.29. The molecular formula is C14H21ClN2O2. The fourth-order valence-corrected chi connectivity index (χ4v) is 2.13. The maximum atomic E-state index is 10.6. The third-order valence-electron chi connectivity index (χ3n) is 2.98. The highest BCUT2D eigenvalue weighted by Crippen LogP contribution is 2.27. The van der Waals surface area contributed by atoms with Gasteiger partial charge < -0.3 is 5.32 Å². The number of hydrogen-bond donors (Lipinski definition) is 1. The van der Waals surface area contributed by atoms with Crippen molar-refractivity contribution in [3.05, 3.63) is 33.3 Å². The number of nitro benzene ring substituents is 1. The van der Waals surface area contributed by atoms with Gasteiger partial charge in [-0.3, -0.25) is 10.1 Å². The summed E-state index contributed by atoms with van der Waals surface area (Å²) in [5.74, 6) is 0.718. The van der Waals surface area contributed by atoms with Gasteiger partial charge in [-0.25, -0.2) is 0 Å². The van der Waals surface area contributed by atoms with Crippen LogP contribution in [0.4, 0.5) is 11.4 Å². The van der Waals surface area contributed by atoms with Gasteiger partial charge in [0.05, 0.1) is 15.6 Å². The van der Waals surface area contributed by atoms with Gasteiger partial charge in [0.15, 0.2) is 0 Å². The molecule has 0 saturated heterocycles. The first-order chi connectivity index (χ1) is 8.90. The fourth-order valence-electron chi connectivity index (χ4n) is 1.90. The topological polar surface area (TPSA) is 55.2 Å². The van der Waals surface area contributed by atoms with Crippen molar-refractivity contribution in [2.24, 2.45) is 5.92 Å². The fraction of sp³-hybridized carbons (Fsp3) is 0.571. The van der Waals surface area contributed by atoms with Crippen LogP contribution in [0.2, 0.25) is 5.02 Å². The normalized spacial score (nSPS) is 12.5. The molecule has 0 bridgehead atoms. The van der Waals surface area contributed by atoms with Gasteiger partial charge in [0.25, 0.3) is 5.69 Å². The van der Waals surface area contributed by atoms with E-state index in [2.05, 4.69) is 26.1 Å². The lowest BCUT2D eigenvalue weighted by Crippen LogP contribution is -2.15. The standard InChI is InChI=1S/C14H21ClN2O2/c1-10(2)5-4-6-11(3)16-14-8-7-12(17(18)19)9-13(14)15/h7-11,16H,4-6H2,1-3H3. The lowest BCUT2D eigenvalue weighted by molar-refractivity contribution is -0.384. The summed E-state index contributed by atoms with van der Waals surface area (Å²) in [6.45, 7) is 6.52. The zero-order valence-electron chi connectivity index (χ0n) is 11.6. The Morgan fingerprint density at radius 2 is 2.00 bits per heavy atom. The van der Waals surface area contributed by atoms with E-state index in [1.54, 1.807) is 6.07 Å². The van der Waals surface area contributed by atoms with Crippen LogP contribution in [0, 0.1) is 16.0 Å². The molecule has 106 valence electrons. The first-order valence-electron chi connectivity index (χ1n) is 6.60. The summed E-state index contributed by atoms with van der Waals surface area (Å²) in [5.41, 5.74) is 0.771. The minimum Gasteiger partial charge on any atom is -0.381 e. The Morgan fingerprint density at radius 3 is 2.53 bits per heavy atom. The summed E-state index contributed by atoms with van der Waals surface area (Å²) in [6.07, 6.45) is 3.43. The number of halogens is 1. The number of hydrogen-bond acceptors (Lipinski definition) is 3. The average molecular weight is 285 g/mol. The van der Waals surface area contributed by atoms with E-state index in [-0.39, 0.29) is 5.69 Å². The van der Waals surface area contributed by atoms with E-state index in [1.807, 2.05) is 0 Å². The van der Waals surface area contributed by atoms with E-state index in [0.29, 0.717) is 11.1 Å². The zero-order chi connectivity index (χ0) is 14.4. The van der Waals surface area contributed by atoms with Gasteiger partial charge in [-0.05, 0) is 25.3 Å². The van der Waals surface area contributed by atoms with E-state index in [9.17, 15) is 10.1 Å². The van der Waals surface area contributed by atoms with Crippen LogP contribution >= 0.6 is 11.6 Å². The molecule has 0 heterocycles. The summed E-state index contributed by atoms with van der Waals surface area (Å²) in [5, 5.41) is 14.3. The second kappa shape index (κ2) is 7.34. The van der Waals surface area contributed by atoms with Crippen LogP contribution in [0.25, 0.3) is 0 Å². The molecule has 19 heavy (non-hydrogen) atoms. The molecule has 0 saturated carbocycles. The van der Waals surface area contributed by atoms with Gasteiger partial charge >= 0.3 is 0 Å². The van der Waals surface area contributed by atoms with Gasteiger partial charge in [0, 0.05) is 18.2 Å². The molecule has 1 aromatic carbocycles. The molecule has 0 aliphatic carbocycles. The van der Waals surface area contributed by atoms with Gasteiger partial charge in [0.1, 0.15) is 0 Å². The van der Waals surface area contributed by atoms with Gasteiger partial charge in [0.2, 0.25) is 0 Å². The predicted octanol–water partition coefficient (Wildman–Crippen LogP) is 4.87. The molecule has 0 aromatic heterocycles. The Balaban J connectivity index is 2.54. The van der Waals surface area contributed by atoms with Crippen LogP contribution in [0.5, 0.6) is 0 Å². The molecule has 1 unspecified atom stereocenters. The smallest absolute Gasteiger partial charge is 0.271 e. The summed E-state index contributed by atoms with van der Waals surface area (Å²) in [7, 11) is 0. The van der Waals surface area contributed by atoms with Crippen molar-refractivity contribution in [3.63, 3.8) is 0 Å². The molecule has 1 atom stereocenters. The van der Waals surface area contributed by atoms with Crippen molar-refractivity contribution in [2.75, 3.05) is 5.32 Å². The number of nitro groups is 1. The van der Waals surface area contributed by atoms with Crippen LogP contribution in [0.1, 0.15) is 40.0 Å². The van der Waals surface area contributed by atoms with E-state index in [1.165, 1.54) is 18.6 Å². The van der Waals surface area contributed by atoms with Gasteiger partial charge in [-0.1, -0.05) is 38.3 Å².